The van der Waals surface area contributed by atoms with Gasteiger partial charge in [-0.25, -0.2) is 0 Å². The summed E-state index contributed by atoms with van der Waals surface area (Å²) in [5.41, 5.74) is 5.40. The zero-order chi connectivity index (χ0) is 13.1. The topological polar surface area (TPSA) is 76.8 Å². The lowest BCUT2D eigenvalue weighted by molar-refractivity contribution is 0.180. The van der Waals surface area contributed by atoms with Crippen molar-refractivity contribution in [3.8, 4) is 0 Å². The molecule has 6 heteroatoms. The fraction of sp³-hybridized carbons (Fsp3) is 1.00. The maximum absolute atomic E-state index is 8.56. The minimum absolute atomic E-state index is 0.292. The van der Waals surface area contributed by atoms with E-state index in [2.05, 4.69) is 20.4 Å². The maximum Gasteiger partial charge on any atom is 0.0558 e. The van der Waals surface area contributed by atoms with Gasteiger partial charge in [0.05, 0.1) is 6.61 Å². The molecule has 2 aliphatic rings. The van der Waals surface area contributed by atoms with Crippen molar-refractivity contribution >= 4 is 0 Å². The van der Waals surface area contributed by atoms with E-state index in [1.807, 2.05) is 0 Å². The first-order valence-corrected chi connectivity index (χ1v) is 7.04. The molecule has 0 bridgehead atoms. The van der Waals surface area contributed by atoms with Gasteiger partial charge >= 0.3 is 0 Å². The SMILES string of the molecule is NCCN1CCNCC1.OCCN1CCNCC1. The Morgan fingerprint density at radius 3 is 1.67 bits per heavy atom. The van der Waals surface area contributed by atoms with Crippen molar-refractivity contribution in [1.82, 2.24) is 20.4 Å². The van der Waals surface area contributed by atoms with Crippen molar-refractivity contribution in [3.05, 3.63) is 0 Å². The number of piperazine rings is 2. The number of nitrogens with zero attached hydrogens (tertiary/aromatic N) is 2. The summed E-state index contributed by atoms with van der Waals surface area (Å²) in [6.07, 6.45) is 0. The lowest BCUT2D eigenvalue weighted by atomic mass is 10.3. The molecule has 0 atom stereocenters. The van der Waals surface area contributed by atoms with E-state index in [9.17, 15) is 0 Å². The molecule has 0 aromatic carbocycles. The molecular weight excluding hydrogens is 230 g/mol. The Balaban J connectivity index is 0.000000180. The summed E-state index contributed by atoms with van der Waals surface area (Å²) in [6, 6.07) is 0. The molecule has 6 nitrogen and oxygen atoms in total. The molecule has 2 aliphatic heterocycles. The smallest absolute Gasteiger partial charge is 0.0558 e. The molecule has 0 aromatic heterocycles. The molecule has 0 saturated carbocycles. The van der Waals surface area contributed by atoms with Crippen LogP contribution in [0.25, 0.3) is 0 Å². The lowest BCUT2D eigenvalue weighted by Gasteiger charge is -2.26. The fourth-order valence-corrected chi connectivity index (χ4v) is 2.19. The Labute approximate surface area is 111 Å². The third kappa shape index (κ3) is 7.25. The summed E-state index contributed by atoms with van der Waals surface area (Å²) >= 11 is 0. The molecular formula is C12H29N5O. The van der Waals surface area contributed by atoms with Crippen LogP contribution in [-0.4, -0.2) is 93.5 Å². The van der Waals surface area contributed by atoms with Gasteiger partial charge in [-0.3, -0.25) is 9.80 Å². The van der Waals surface area contributed by atoms with Gasteiger partial charge in [0.15, 0.2) is 0 Å². The molecule has 0 aromatic rings. The largest absolute Gasteiger partial charge is 0.395 e. The maximum atomic E-state index is 8.56. The first-order chi connectivity index (χ1) is 8.86. The van der Waals surface area contributed by atoms with Crippen LogP contribution in [0.1, 0.15) is 0 Å². The normalized spacial score (nSPS) is 22.3. The van der Waals surface area contributed by atoms with Gasteiger partial charge in [0.1, 0.15) is 0 Å². The second kappa shape index (κ2) is 10.7. The predicted molar refractivity (Wildman–Crippen MR) is 74.8 cm³/mol. The standard InChI is InChI=1S/C6H15N3.C6H14N2O/c7-1-4-9-5-2-8-3-6-9;9-6-5-8-3-1-7-2-4-8/h8H,1-7H2;7,9H,1-6H2. The number of hydrogen-bond acceptors (Lipinski definition) is 6. The summed E-state index contributed by atoms with van der Waals surface area (Å²) in [5, 5.41) is 15.1. The van der Waals surface area contributed by atoms with E-state index in [0.29, 0.717) is 6.61 Å². The van der Waals surface area contributed by atoms with E-state index >= 15 is 0 Å². The minimum Gasteiger partial charge on any atom is -0.395 e. The first-order valence-electron chi connectivity index (χ1n) is 7.04. The van der Waals surface area contributed by atoms with Crippen LogP contribution in [0.4, 0.5) is 0 Å². The van der Waals surface area contributed by atoms with E-state index in [1.54, 1.807) is 0 Å². The molecule has 0 unspecified atom stereocenters. The van der Waals surface area contributed by atoms with Crippen LogP contribution in [0, 0.1) is 0 Å². The predicted octanol–water partition coefficient (Wildman–Crippen LogP) is -2.27. The monoisotopic (exact) mass is 259 g/mol. The van der Waals surface area contributed by atoms with Crippen LogP contribution in [0.5, 0.6) is 0 Å². The van der Waals surface area contributed by atoms with Crippen molar-refractivity contribution in [3.63, 3.8) is 0 Å². The second-order valence-corrected chi connectivity index (χ2v) is 4.70. The highest BCUT2D eigenvalue weighted by Gasteiger charge is 2.07. The van der Waals surface area contributed by atoms with Crippen LogP contribution >= 0.6 is 0 Å². The van der Waals surface area contributed by atoms with Crippen molar-refractivity contribution < 1.29 is 5.11 Å². The molecule has 2 heterocycles. The van der Waals surface area contributed by atoms with Crippen molar-refractivity contribution in [1.29, 1.82) is 0 Å². The highest BCUT2D eigenvalue weighted by molar-refractivity contribution is 4.67. The van der Waals surface area contributed by atoms with Gasteiger partial charge in [0, 0.05) is 72.0 Å². The number of aliphatic hydroxyl groups excluding tert-OH is 1. The number of β-amino-alcohol motifs (C(OH)–C–C–N with tert-alkyl or cyclic N) is 1. The zero-order valence-corrected chi connectivity index (χ0v) is 11.4. The molecule has 5 N–H and O–H groups in total. The number of nitrogens with two attached hydrogens (primary N) is 1. The Hall–Kier alpha value is -0.240. The Morgan fingerprint density at radius 2 is 1.28 bits per heavy atom. The van der Waals surface area contributed by atoms with E-state index in [-0.39, 0.29) is 0 Å². The highest BCUT2D eigenvalue weighted by Crippen LogP contribution is 1.89. The Kier molecular flexibility index (Phi) is 9.37. The van der Waals surface area contributed by atoms with Gasteiger partial charge in [-0.05, 0) is 0 Å². The quantitative estimate of drug-likeness (QED) is 0.456. The summed E-state index contributed by atoms with van der Waals surface area (Å²) in [4.78, 5) is 4.65. The minimum atomic E-state index is 0.292. The zero-order valence-electron chi connectivity index (χ0n) is 11.4. The fourth-order valence-electron chi connectivity index (χ4n) is 2.19. The molecule has 2 fully saturated rings. The van der Waals surface area contributed by atoms with Gasteiger partial charge in [0.25, 0.3) is 0 Å². The van der Waals surface area contributed by atoms with Crippen molar-refractivity contribution in [2.24, 2.45) is 5.73 Å². The van der Waals surface area contributed by atoms with Gasteiger partial charge in [0.2, 0.25) is 0 Å². The average molecular weight is 259 g/mol. The molecule has 0 radical (unpaired) electrons. The van der Waals surface area contributed by atoms with Crippen LogP contribution in [0.15, 0.2) is 0 Å². The van der Waals surface area contributed by atoms with Crippen molar-refractivity contribution in [2.45, 2.75) is 0 Å². The second-order valence-electron chi connectivity index (χ2n) is 4.70. The van der Waals surface area contributed by atoms with Crippen LogP contribution < -0.4 is 16.4 Å². The number of aliphatic hydroxyl groups is 1. The van der Waals surface area contributed by atoms with E-state index in [4.69, 9.17) is 10.8 Å². The number of nitrogens with one attached hydrogen (secondary N) is 2. The van der Waals surface area contributed by atoms with Crippen LogP contribution in [0.3, 0.4) is 0 Å². The van der Waals surface area contributed by atoms with Gasteiger partial charge in [-0.15, -0.1) is 0 Å². The molecule has 0 amide bonds. The van der Waals surface area contributed by atoms with Crippen molar-refractivity contribution in [2.75, 3.05) is 78.6 Å². The highest BCUT2D eigenvalue weighted by atomic mass is 16.3. The van der Waals surface area contributed by atoms with Crippen LogP contribution in [0.2, 0.25) is 0 Å². The number of hydrogen-bond donors (Lipinski definition) is 4. The first kappa shape index (κ1) is 15.8. The van der Waals surface area contributed by atoms with Gasteiger partial charge in [-0.1, -0.05) is 0 Å². The molecule has 18 heavy (non-hydrogen) atoms. The lowest BCUT2D eigenvalue weighted by Crippen LogP contribution is -2.45. The Morgan fingerprint density at radius 1 is 0.833 bits per heavy atom. The molecule has 0 aliphatic carbocycles. The average Bonchev–Trinajstić information content (AvgIpc) is 2.43. The summed E-state index contributed by atoms with van der Waals surface area (Å²) in [7, 11) is 0. The van der Waals surface area contributed by atoms with E-state index in [0.717, 1.165) is 72.0 Å². The number of rotatable bonds is 4. The summed E-state index contributed by atoms with van der Waals surface area (Å²) in [6.45, 7) is 11.9. The summed E-state index contributed by atoms with van der Waals surface area (Å²) < 4.78 is 0. The van der Waals surface area contributed by atoms with Gasteiger partial charge < -0.3 is 21.5 Å². The third-order valence-corrected chi connectivity index (χ3v) is 3.28. The molecule has 2 rings (SSSR count). The molecule has 2 saturated heterocycles. The Bertz CT molecular complexity index is 156. The van der Waals surface area contributed by atoms with Crippen LogP contribution in [-0.2, 0) is 0 Å². The third-order valence-electron chi connectivity index (χ3n) is 3.28. The van der Waals surface area contributed by atoms with E-state index < -0.39 is 0 Å². The van der Waals surface area contributed by atoms with E-state index in [1.165, 1.54) is 0 Å². The summed E-state index contributed by atoms with van der Waals surface area (Å²) in [5.74, 6) is 0. The molecule has 0 spiro atoms. The molecule has 108 valence electrons. The van der Waals surface area contributed by atoms with Gasteiger partial charge in [-0.2, -0.15) is 0 Å².